The molecule has 10 unspecified atom stereocenters. The van der Waals surface area contributed by atoms with E-state index in [1.807, 2.05) is 13.8 Å². The van der Waals surface area contributed by atoms with Gasteiger partial charge in [0.05, 0.1) is 31.0 Å². The van der Waals surface area contributed by atoms with Crippen LogP contribution in [0.2, 0.25) is 0 Å². The second-order valence-corrected chi connectivity index (χ2v) is 16.6. The van der Waals surface area contributed by atoms with Crippen molar-refractivity contribution < 1.29 is 24.8 Å². The molecule has 1 heterocycles. The van der Waals surface area contributed by atoms with E-state index < -0.39 is 5.60 Å². The summed E-state index contributed by atoms with van der Waals surface area (Å²) in [5.74, 6) is 2.58. The number of hydrogen-bond acceptors (Lipinski definition) is 6. The van der Waals surface area contributed by atoms with Gasteiger partial charge in [0, 0.05) is 19.6 Å². The Morgan fingerprint density at radius 3 is 2.55 bits per heavy atom. The molecule has 0 aromatic rings. The first-order chi connectivity index (χ1) is 18.9. The summed E-state index contributed by atoms with van der Waals surface area (Å²) in [6, 6.07) is 0. The smallest absolute Gasteiger partial charge is 0.170 e. The topological polar surface area (TPSA) is 82.4 Å². The van der Waals surface area contributed by atoms with E-state index in [9.17, 15) is 15.3 Å². The lowest BCUT2D eigenvalue weighted by Gasteiger charge is -2.60. The zero-order valence-corrected chi connectivity index (χ0v) is 26.2. The highest BCUT2D eigenvalue weighted by Crippen LogP contribution is 2.87. The van der Waals surface area contributed by atoms with Gasteiger partial charge in [-0.15, -0.1) is 0 Å². The molecule has 6 rings (SSSR count). The summed E-state index contributed by atoms with van der Waals surface area (Å²) < 4.78 is 12.8. The zero-order chi connectivity index (χ0) is 28.6. The van der Waals surface area contributed by atoms with Crippen LogP contribution in [-0.4, -0.2) is 77.2 Å². The number of ether oxygens (including phenoxy) is 2. The molecule has 5 aliphatic carbocycles. The summed E-state index contributed by atoms with van der Waals surface area (Å²) in [6.45, 7) is 14.5. The predicted octanol–water partition coefficient (Wildman–Crippen LogP) is 5.37. The Kier molecular flexibility index (Phi) is 7.78. The normalized spacial score (nSPS) is 48.1. The largest absolute Gasteiger partial charge is 0.395 e. The number of aliphatic hydroxyl groups excluding tert-OH is 2. The van der Waals surface area contributed by atoms with Crippen molar-refractivity contribution in [2.24, 2.45) is 45.3 Å². The van der Waals surface area contributed by atoms with Crippen molar-refractivity contribution in [1.29, 1.82) is 0 Å². The number of aliphatic hydroxyl groups is 3. The van der Waals surface area contributed by atoms with E-state index in [1.54, 1.807) is 0 Å². The molecule has 6 fully saturated rings. The Labute approximate surface area is 243 Å². The SMILES string of the molecule is CC(C)(O)CCCCC1C(O)CC2C3CCC4C(C)(C)C(OC5CN(CCO)CCO5)CCC45CC35CCC12C. The molecule has 5 saturated carbocycles. The van der Waals surface area contributed by atoms with Gasteiger partial charge < -0.3 is 24.8 Å². The second-order valence-electron chi connectivity index (χ2n) is 16.6. The van der Waals surface area contributed by atoms with E-state index in [-0.39, 0.29) is 35.9 Å². The van der Waals surface area contributed by atoms with Gasteiger partial charge in [0.15, 0.2) is 6.29 Å². The molecule has 40 heavy (non-hydrogen) atoms. The molecule has 0 radical (unpaired) electrons. The van der Waals surface area contributed by atoms with Crippen LogP contribution in [0.4, 0.5) is 0 Å². The maximum Gasteiger partial charge on any atom is 0.170 e. The van der Waals surface area contributed by atoms with Gasteiger partial charge in [0.25, 0.3) is 0 Å². The molecule has 10 atom stereocenters. The van der Waals surface area contributed by atoms with Crippen LogP contribution in [0.25, 0.3) is 0 Å². The Morgan fingerprint density at radius 2 is 1.80 bits per heavy atom. The van der Waals surface area contributed by atoms with E-state index >= 15 is 0 Å². The van der Waals surface area contributed by atoms with Crippen LogP contribution in [0.3, 0.4) is 0 Å². The molecule has 2 spiro atoms. The average molecular weight is 562 g/mol. The van der Waals surface area contributed by atoms with Crippen molar-refractivity contribution >= 4 is 0 Å². The molecule has 6 heteroatoms. The summed E-state index contributed by atoms with van der Waals surface area (Å²) in [7, 11) is 0. The number of fused-ring (bicyclic) bond motifs is 2. The molecule has 3 N–H and O–H groups in total. The van der Waals surface area contributed by atoms with Gasteiger partial charge >= 0.3 is 0 Å². The van der Waals surface area contributed by atoms with Crippen molar-refractivity contribution in [3.05, 3.63) is 0 Å². The highest BCUT2D eigenvalue weighted by molar-refractivity contribution is 5.29. The van der Waals surface area contributed by atoms with Gasteiger partial charge in [-0.2, -0.15) is 0 Å². The Bertz CT molecular complexity index is 916. The second kappa shape index (κ2) is 10.4. The fourth-order valence-corrected chi connectivity index (χ4v) is 11.9. The highest BCUT2D eigenvalue weighted by atomic mass is 16.7. The molecule has 0 amide bonds. The standard InChI is InChI=1S/C34H59NO5/c1-30(2,38)12-7-6-8-24-26(37)20-25-23-9-10-27-31(3,4)28(40-29-21-35(16-18-36)17-19-39-29)11-13-34(27)22-33(23,34)15-14-32(24,25)5/h23-29,36-38H,6-22H2,1-5H3. The lowest BCUT2D eigenvalue weighted by Crippen LogP contribution is -2.56. The minimum absolute atomic E-state index is 0.133. The van der Waals surface area contributed by atoms with E-state index in [1.165, 1.54) is 38.5 Å². The fraction of sp³-hybridized carbons (Fsp3) is 1.00. The Balaban J connectivity index is 1.13. The molecule has 1 saturated heterocycles. The van der Waals surface area contributed by atoms with E-state index in [2.05, 4.69) is 25.7 Å². The van der Waals surface area contributed by atoms with Crippen LogP contribution < -0.4 is 0 Å². The Hall–Kier alpha value is -0.240. The first-order valence-electron chi connectivity index (χ1n) is 16.9. The molecule has 1 aliphatic heterocycles. The lowest BCUT2D eigenvalue weighted by molar-refractivity contribution is -0.245. The molecule has 6 nitrogen and oxygen atoms in total. The molecule has 0 aromatic carbocycles. The number of hydrogen-bond donors (Lipinski definition) is 3. The van der Waals surface area contributed by atoms with E-state index in [0.29, 0.717) is 41.7 Å². The predicted molar refractivity (Wildman–Crippen MR) is 157 cm³/mol. The van der Waals surface area contributed by atoms with E-state index in [4.69, 9.17) is 9.47 Å². The number of β-amino-alcohol motifs (C(OH)–C–C–N with tert-alkyl or cyclic N) is 1. The minimum atomic E-state index is -0.585. The number of nitrogens with zero attached hydrogens (tertiary/aromatic N) is 1. The number of morpholine rings is 1. The van der Waals surface area contributed by atoms with Crippen molar-refractivity contribution in [2.45, 2.75) is 136 Å². The van der Waals surface area contributed by atoms with Crippen LogP contribution in [0, 0.1) is 45.3 Å². The Morgan fingerprint density at radius 1 is 1.00 bits per heavy atom. The highest BCUT2D eigenvalue weighted by Gasteiger charge is 2.80. The van der Waals surface area contributed by atoms with Crippen molar-refractivity contribution in [1.82, 2.24) is 4.90 Å². The van der Waals surface area contributed by atoms with Crippen LogP contribution in [0.1, 0.15) is 112 Å². The molecular formula is C34H59NO5. The summed E-state index contributed by atoms with van der Waals surface area (Å²) in [5.41, 5.74) is 0.797. The van der Waals surface area contributed by atoms with Crippen LogP contribution in [-0.2, 0) is 9.47 Å². The lowest BCUT2D eigenvalue weighted by atomic mass is 9.46. The summed E-state index contributed by atoms with van der Waals surface area (Å²) in [4.78, 5) is 2.27. The number of unbranched alkanes of at least 4 members (excludes halogenated alkanes) is 1. The molecule has 0 aromatic heterocycles. The van der Waals surface area contributed by atoms with Gasteiger partial charge in [-0.05, 0) is 123 Å². The summed E-state index contributed by atoms with van der Waals surface area (Å²) in [5, 5.41) is 30.9. The third-order valence-electron chi connectivity index (χ3n) is 13.9. The molecule has 6 aliphatic rings. The van der Waals surface area contributed by atoms with Gasteiger partial charge in [-0.1, -0.05) is 33.6 Å². The molecule has 230 valence electrons. The van der Waals surface area contributed by atoms with Gasteiger partial charge in [-0.25, -0.2) is 0 Å². The summed E-state index contributed by atoms with van der Waals surface area (Å²) in [6.07, 6.45) is 14.1. The van der Waals surface area contributed by atoms with Gasteiger partial charge in [0.2, 0.25) is 0 Å². The van der Waals surface area contributed by atoms with Gasteiger partial charge in [0.1, 0.15) is 0 Å². The monoisotopic (exact) mass is 561 g/mol. The third kappa shape index (κ3) is 4.74. The average Bonchev–Trinajstić information content (AvgIpc) is 3.47. The quantitative estimate of drug-likeness (QED) is 0.328. The van der Waals surface area contributed by atoms with Crippen LogP contribution >= 0.6 is 0 Å². The third-order valence-corrected chi connectivity index (χ3v) is 13.9. The van der Waals surface area contributed by atoms with Gasteiger partial charge in [-0.3, -0.25) is 4.90 Å². The first-order valence-corrected chi connectivity index (χ1v) is 16.9. The first kappa shape index (κ1) is 29.8. The minimum Gasteiger partial charge on any atom is -0.395 e. The fourth-order valence-electron chi connectivity index (χ4n) is 11.9. The van der Waals surface area contributed by atoms with Crippen molar-refractivity contribution in [3.8, 4) is 0 Å². The summed E-state index contributed by atoms with van der Waals surface area (Å²) >= 11 is 0. The number of rotatable bonds is 9. The molecular weight excluding hydrogens is 502 g/mol. The van der Waals surface area contributed by atoms with Crippen molar-refractivity contribution in [3.63, 3.8) is 0 Å². The van der Waals surface area contributed by atoms with Crippen molar-refractivity contribution in [2.75, 3.05) is 32.8 Å². The molecule has 0 bridgehead atoms. The zero-order valence-electron chi connectivity index (χ0n) is 26.2. The maximum absolute atomic E-state index is 11.4. The van der Waals surface area contributed by atoms with E-state index in [0.717, 1.165) is 57.5 Å². The maximum atomic E-state index is 11.4. The van der Waals surface area contributed by atoms with Crippen LogP contribution in [0.5, 0.6) is 0 Å². The van der Waals surface area contributed by atoms with Crippen LogP contribution in [0.15, 0.2) is 0 Å².